The van der Waals surface area contributed by atoms with Gasteiger partial charge < -0.3 is 20.4 Å². The Hall–Kier alpha value is -1.73. The van der Waals surface area contributed by atoms with Crippen molar-refractivity contribution in [1.82, 2.24) is 15.2 Å². The Labute approximate surface area is 203 Å². The number of fused-ring (bicyclic) bond motifs is 1. The molecular weight excluding hydrogens is 457 g/mol. The van der Waals surface area contributed by atoms with E-state index in [9.17, 15) is 4.79 Å². The summed E-state index contributed by atoms with van der Waals surface area (Å²) in [5.41, 5.74) is 4.02. The zero-order chi connectivity index (χ0) is 19.3. The number of piperazine rings is 1. The molecule has 0 unspecified atom stereocenters. The first kappa shape index (κ1) is 27.3. The highest BCUT2D eigenvalue weighted by Gasteiger charge is 2.18. The van der Waals surface area contributed by atoms with Gasteiger partial charge >= 0.3 is 0 Å². The maximum absolute atomic E-state index is 12.7. The van der Waals surface area contributed by atoms with Crippen molar-refractivity contribution in [3.63, 3.8) is 0 Å². The van der Waals surface area contributed by atoms with Crippen molar-refractivity contribution in [2.24, 2.45) is 0 Å². The number of hydrogen-bond acceptors (Lipinski definition) is 5. The molecule has 2 aromatic rings. The predicted octanol–water partition coefficient (Wildman–Crippen LogP) is 3.78. The number of pyridine rings is 1. The number of hydrogen-bond donors (Lipinski definition) is 2. The molecule has 0 bridgehead atoms. The largest absolute Gasteiger partial charge is 0.385 e. The Kier molecular flexibility index (Phi) is 11.4. The zero-order valence-electron chi connectivity index (χ0n) is 17.8. The molecule has 2 aliphatic rings. The maximum Gasteiger partial charge on any atom is 0.251 e. The molecule has 6 nitrogen and oxygen atoms in total. The minimum atomic E-state index is -0.0136. The molecule has 1 saturated heterocycles. The van der Waals surface area contributed by atoms with Gasteiger partial charge in [-0.05, 0) is 48.7 Å². The Morgan fingerprint density at radius 2 is 1.87 bits per heavy atom. The molecule has 1 amide bonds. The lowest BCUT2D eigenvalue weighted by Gasteiger charge is -2.34. The average Bonchev–Trinajstić information content (AvgIpc) is 2.77. The second-order valence-corrected chi connectivity index (χ2v) is 7.49. The molecule has 172 valence electrons. The molecule has 1 aromatic carbocycles. The van der Waals surface area contributed by atoms with Gasteiger partial charge in [-0.15, -0.1) is 37.2 Å². The molecule has 2 aliphatic heterocycles. The normalized spacial score (nSPS) is 15.3. The van der Waals surface area contributed by atoms with E-state index in [-0.39, 0.29) is 43.1 Å². The lowest BCUT2D eigenvalue weighted by molar-refractivity contribution is 0.0950. The maximum atomic E-state index is 12.7. The third-order valence-corrected chi connectivity index (χ3v) is 5.75. The first-order chi connectivity index (χ1) is 13.7. The van der Waals surface area contributed by atoms with Crippen molar-refractivity contribution in [3.05, 3.63) is 53.2 Å². The summed E-state index contributed by atoms with van der Waals surface area (Å²) >= 11 is 0. The number of carbonyl (C=O) groups excluding carboxylic acids is 1. The van der Waals surface area contributed by atoms with Crippen LogP contribution in [-0.4, -0.2) is 55.1 Å². The molecule has 1 fully saturated rings. The molecule has 0 saturated carbocycles. The number of aromatic nitrogens is 1. The number of halogens is 3. The van der Waals surface area contributed by atoms with Crippen LogP contribution in [0.3, 0.4) is 0 Å². The van der Waals surface area contributed by atoms with Crippen LogP contribution in [0.25, 0.3) is 0 Å². The lowest BCUT2D eigenvalue weighted by Crippen LogP contribution is -2.46. The van der Waals surface area contributed by atoms with Crippen LogP contribution in [0.2, 0.25) is 0 Å². The van der Waals surface area contributed by atoms with Gasteiger partial charge in [-0.1, -0.05) is 19.1 Å². The molecule has 3 heterocycles. The fraction of sp³-hybridized carbons (Fsp3) is 0.455. The minimum Gasteiger partial charge on any atom is -0.385 e. The van der Waals surface area contributed by atoms with Gasteiger partial charge in [0, 0.05) is 56.7 Å². The van der Waals surface area contributed by atoms with Crippen molar-refractivity contribution >= 4 is 54.6 Å². The molecule has 31 heavy (non-hydrogen) atoms. The quantitative estimate of drug-likeness (QED) is 0.671. The van der Waals surface area contributed by atoms with E-state index in [4.69, 9.17) is 0 Å². The standard InChI is InChI=1S/C22H29N5O.3ClH/c1-2-26-11-13-27(14-12-26)21-9-8-17(15-24-21)16-25-22(28)19-5-3-7-20-18(19)6-4-10-23-20;;;/h3,5,7-9,15,23H,2,4,6,10-14,16H2,1H3,(H,25,28);3*1H. The van der Waals surface area contributed by atoms with E-state index in [1.54, 1.807) is 0 Å². The highest BCUT2D eigenvalue weighted by Crippen LogP contribution is 2.25. The number of anilines is 2. The van der Waals surface area contributed by atoms with Crippen LogP contribution < -0.4 is 15.5 Å². The third kappa shape index (κ3) is 6.62. The van der Waals surface area contributed by atoms with Gasteiger partial charge in [0.1, 0.15) is 5.82 Å². The van der Waals surface area contributed by atoms with E-state index in [1.165, 1.54) is 0 Å². The summed E-state index contributed by atoms with van der Waals surface area (Å²) in [5.74, 6) is 1.01. The van der Waals surface area contributed by atoms with Gasteiger partial charge in [-0.25, -0.2) is 4.98 Å². The van der Waals surface area contributed by atoms with Crippen molar-refractivity contribution in [1.29, 1.82) is 0 Å². The molecule has 0 aliphatic carbocycles. The summed E-state index contributed by atoms with van der Waals surface area (Å²) in [6.45, 7) is 9.00. The molecule has 0 radical (unpaired) electrons. The van der Waals surface area contributed by atoms with E-state index in [2.05, 4.69) is 44.5 Å². The number of rotatable bonds is 5. The molecule has 9 heteroatoms. The Bertz CT molecular complexity index is 826. The summed E-state index contributed by atoms with van der Waals surface area (Å²) < 4.78 is 0. The van der Waals surface area contributed by atoms with Crippen molar-refractivity contribution < 1.29 is 4.79 Å². The van der Waals surface area contributed by atoms with Gasteiger partial charge in [0.25, 0.3) is 5.91 Å². The monoisotopic (exact) mass is 487 g/mol. The third-order valence-electron chi connectivity index (χ3n) is 5.75. The first-order valence-corrected chi connectivity index (χ1v) is 10.3. The van der Waals surface area contributed by atoms with Crippen LogP contribution in [-0.2, 0) is 13.0 Å². The van der Waals surface area contributed by atoms with Gasteiger partial charge in [-0.3, -0.25) is 4.79 Å². The fourth-order valence-corrected chi connectivity index (χ4v) is 4.00. The molecule has 0 spiro atoms. The average molecular weight is 489 g/mol. The number of nitrogens with zero attached hydrogens (tertiary/aromatic N) is 3. The van der Waals surface area contributed by atoms with Crippen molar-refractivity contribution in [2.75, 3.05) is 49.5 Å². The van der Waals surface area contributed by atoms with E-state index in [1.807, 2.05) is 24.4 Å². The molecular formula is C22H32Cl3N5O. The van der Waals surface area contributed by atoms with E-state index >= 15 is 0 Å². The van der Waals surface area contributed by atoms with Gasteiger partial charge in [0.2, 0.25) is 0 Å². The highest BCUT2D eigenvalue weighted by atomic mass is 35.5. The summed E-state index contributed by atoms with van der Waals surface area (Å²) in [4.78, 5) is 22.1. The van der Waals surface area contributed by atoms with Crippen LogP contribution >= 0.6 is 37.2 Å². The van der Waals surface area contributed by atoms with Gasteiger partial charge in [0.05, 0.1) is 0 Å². The van der Waals surface area contributed by atoms with E-state index < -0.39 is 0 Å². The summed E-state index contributed by atoms with van der Waals surface area (Å²) in [7, 11) is 0. The second-order valence-electron chi connectivity index (χ2n) is 7.49. The topological polar surface area (TPSA) is 60.5 Å². The lowest BCUT2D eigenvalue weighted by atomic mass is 9.97. The Balaban J connectivity index is 0.00000160. The Morgan fingerprint density at radius 1 is 1.10 bits per heavy atom. The number of amides is 1. The molecule has 1 aromatic heterocycles. The number of carbonyl (C=O) groups is 1. The van der Waals surface area contributed by atoms with Crippen LogP contribution in [0.5, 0.6) is 0 Å². The Morgan fingerprint density at radius 3 is 2.55 bits per heavy atom. The number of nitrogens with one attached hydrogen (secondary N) is 2. The van der Waals surface area contributed by atoms with Gasteiger partial charge in [0.15, 0.2) is 0 Å². The molecule has 2 N–H and O–H groups in total. The molecule has 4 rings (SSSR count). The number of likely N-dealkylation sites (N-methyl/N-ethyl adjacent to an activating group) is 1. The van der Waals surface area contributed by atoms with Crippen LogP contribution in [0.4, 0.5) is 11.5 Å². The van der Waals surface area contributed by atoms with Crippen molar-refractivity contribution in [2.45, 2.75) is 26.3 Å². The van der Waals surface area contributed by atoms with E-state index in [0.717, 1.165) is 80.3 Å². The van der Waals surface area contributed by atoms with E-state index in [0.29, 0.717) is 6.54 Å². The molecule has 0 atom stereocenters. The van der Waals surface area contributed by atoms with Crippen molar-refractivity contribution in [3.8, 4) is 0 Å². The second kappa shape index (κ2) is 13.0. The fourth-order valence-electron chi connectivity index (χ4n) is 4.00. The highest BCUT2D eigenvalue weighted by molar-refractivity contribution is 5.97. The zero-order valence-corrected chi connectivity index (χ0v) is 20.3. The summed E-state index contributed by atoms with van der Waals surface area (Å²) in [5, 5.41) is 6.43. The predicted molar refractivity (Wildman–Crippen MR) is 135 cm³/mol. The number of benzene rings is 1. The SMILES string of the molecule is CCN1CCN(c2ccc(CNC(=O)c3cccc4c3CCCN4)cn2)CC1.Cl.Cl.Cl. The van der Waals surface area contributed by atoms with Crippen LogP contribution in [0.1, 0.15) is 34.8 Å². The summed E-state index contributed by atoms with van der Waals surface area (Å²) in [6, 6.07) is 10.0. The smallest absolute Gasteiger partial charge is 0.251 e. The van der Waals surface area contributed by atoms with Crippen LogP contribution in [0, 0.1) is 0 Å². The first-order valence-electron chi connectivity index (χ1n) is 10.3. The van der Waals surface area contributed by atoms with Crippen LogP contribution in [0.15, 0.2) is 36.5 Å². The van der Waals surface area contributed by atoms with Gasteiger partial charge in [-0.2, -0.15) is 0 Å². The minimum absolute atomic E-state index is 0. The summed E-state index contributed by atoms with van der Waals surface area (Å²) in [6.07, 6.45) is 3.90.